The van der Waals surface area contributed by atoms with Gasteiger partial charge in [-0.25, -0.2) is 13.1 Å². The van der Waals surface area contributed by atoms with Crippen LogP contribution in [0.15, 0.2) is 0 Å². The highest BCUT2D eigenvalue weighted by atomic mass is 32.2. The first-order chi connectivity index (χ1) is 5.62. The third kappa shape index (κ3) is 6.09. The molecule has 0 saturated heterocycles. The monoisotopic (exact) mass is 191 g/mol. The average Bonchev–Trinajstić information content (AvgIpc) is 1.98. The maximum Gasteiger partial charge on any atom is 0.225 e. The summed E-state index contributed by atoms with van der Waals surface area (Å²) in [6.07, 6.45) is 0.723. The zero-order valence-corrected chi connectivity index (χ0v) is 7.82. The Hall–Kier alpha value is -0.640. The summed E-state index contributed by atoms with van der Waals surface area (Å²) in [5.74, 6) is -0.466. The highest BCUT2D eigenvalue weighted by molar-refractivity contribution is 7.89. The van der Waals surface area contributed by atoms with Crippen molar-refractivity contribution >= 4 is 10.0 Å². The lowest BCUT2D eigenvalue weighted by Crippen LogP contribution is -2.28. The van der Waals surface area contributed by atoms with Gasteiger partial charge in [-0.3, -0.25) is 0 Å². The van der Waals surface area contributed by atoms with E-state index in [1.54, 1.807) is 13.1 Å². The van der Waals surface area contributed by atoms with E-state index in [-0.39, 0.29) is 0 Å². The van der Waals surface area contributed by atoms with Crippen molar-refractivity contribution in [3.63, 3.8) is 0 Å². The average molecular weight is 191 g/mol. The SMILES string of the molecule is CNCCCNS(=O)(=O)CC#N. The van der Waals surface area contributed by atoms with Crippen molar-refractivity contribution in [3.8, 4) is 6.07 Å². The van der Waals surface area contributed by atoms with Crippen LogP contribution in [0.2, 0.25) is 0 Å². The molecule has 0 rings (SSSR count). The van der Waals surface area contributed by atoms with Crippen LogP contribution < -0.4 is 10.0 Å². The normalized spacial score (nSPS) is 11.0. The summed E-state index contributed by atoms with van der Waals surface area (Å²) in [6.45, 7) is 1.14. The molecular weight excluding hydrogens is 178 g/mol. The molecule has 0 aromatic carbocycles. The predicted molar refractivity (Wildman–Crippen MR) is 45.9 cm³/mol. The first-order valence-electron chi connectivity index (χ1n) is 3.61. The molecule has 2 N–H and O–H groups in total. The van der Waals surface area contributed by atoms with Gasteiger partial charge in [-0.2, -0.15) is 5.26 Å². The van der Waals surface area contributed by atoms with Crippen molar-refractivity contribution in [1.29, 1.82) is 5.26 Å². The van der Waals surface area contributed by atoms with E-state index >= 15 is 0 Å². The Morgan fingerprint density at radius 1 is 1.42 bits per heavy atom. The Morgan fingerprint density at radius 3 is 2.58 bits per heavy atom. The van der Waals surface area contributed by atoms with Crippen molar-refractivity contribution in [1.82, 2.24) is 10.0 Å². The molecule has 0 saturated carbocycles. The third-order valence-corrected chi connectivity index (χ3v) is 2.33. The second kappa shape index (κ2) is 5.94. The van der Waals surface area contributed by atoms with Crippen molar-refractivity contribution in [3.05, 3.63) is 0 Å². The van der Waals surface area contributed by atoms with Gasteiger partial charge in [0.15, 0.2) is 5.75 Å². The molecule has 0 aliphatic carbocycles. The maximum absolute atomic E-state index is 10.8. The van der Waals surface area contributed by atoms with Gasteiger partial charge in [0.05, 0.1) is 6.07 Å². The summed E-state index contributed by atoms with van der Waals surface area (Å²) in [6, 6.07) is 1.58. The molecule has 0 spiro atoms. The van der Waals surface area contributed by atoms with E-state index in [9.17, 15) is 8.42 Å². The molecule has 0 unspecified atom stereocenters. The number of nitrogens with zero attached hydrogens (tertiary/aromatic N) is 1. The molecule has 0 fully saturated rings. The van der Waals surface area contributed by atoms with Crippen LogP contribution in [-0.2, 0) is 10.0 Å². The second-order valence-electron chi connectivity index (χ2n) is 2.27. The summed E-state index contributed by atoms with van der Waals surface area (Å²) < 4.78 is 24.0. The molecular formula is C6H13N3O2S. The van der Waals surface area contributed by atoms with E-state index in [1.165, 1.54) is 0 Å². The van der Waals surface area contributed by atoms with Crippen LogP contribution in [0.5, 0.6) is 0 Å². The fourth-order valence-corrected chi connectivity index (χ4v) is 1.36. The van der Waals surface area contributed by atoms with Gasteiger partial charge in [-0.05, 0) is 20.0 Å². The highest BCUT2D eigenvalue weighted by Crippen LogP contribution is 1.82. The van der Waals surface area contributed by atoms with E-state index in [1.807, 2.05) is 0 Å². The second-order valence-corrected chi connectivity index (χ2v) is 4.08. The quantitative estimate of drug-likeness (QED) is 0.530. The van der Waals surface area contributed by atoms with Crippen molar-refractivity contribution in [2.45, 2.75) is 6.42 Å². The van der Waals surface area contributed by atoms with Crippen LogP contribution in [0.25, 0.3) is 0 Å². The summed E-state index contributed by atoms with van der Waals surface area (Å²) in [5, 5.41) is 11.0. The molecule has 0 aromatic heterocycles. The number of nitrogens with one attached hydrogen (secondary N) is 2. The minimum Gasteiger partial charge on any atom is -0.320 e. The number of hydrogen-bond acceptors (Lipinski definition) is 4. The van der Waals surface area contributed by atoms with Gasteiger partial charge in [0.2, 0.25) is 10.0 Å². The minimum absolute atomic E-state index is 0.380. The van der Waals surface area contributed by atoms with Gasteiger partial charge in [0.1, 0.15) is 0 Å². The summed E-state index contributed by atoms with van der Waals surface area (Å²) in [7, 11) is -1.56. The smallest absolute Gasteiger partial charge is 0.225 e. The van der Waals surface area contributed by atoms with E-state index in [0.29, 0.717) is 6.54 Å². The van der Waals surface area contributed by atoms with E-state index in [0.717, 1.165) is 13.0 Å². The molecule has 0 amide bonds. The first-order valence-corrected chi connectivity index (χ1v) is 5.26. The molecule has 0 heterocycles. The zero-order chi connectivity index (χ0) is 9.45. The molecule has 5 nitrogen and oxygen atoms in total. The Balaban J connectivity index is 3.57. The Labute approximate surface area is 72.8 Å². The van der Waals surface area contributed by atoms with E-state index < -0.39 is 15.8 Å². The standard InChI is InChI=1S/C6H13N3O2S/c1-8-4-2-5-9-12(10,11)6-3-7/h8-9H,2,4-6H2,1H3. The lowest BCUT2D eigenvalue weighted by Gasteiger charge is -2.01. The van der Waals surface area contributed by atoms with Gasteiger partial charge < -0.3 is 5.32 Å². The van der Waals surface area contributed by atoms with Crippen LogP contribution >= 0.6 is 0 Å². The summed E-state index contributed by atoms with van der Waals surface area (Å²) >= 11 is 0. The first kappa shape index (κ1) is 11.4. The van der Waals surface area contributed by atoms with Gasteiger partial charge in [0.25, 0.3) is 0 Å². The van der Waals surface area contributed by atoms with Crippen LogP contribution in [0, 0.1) is 11.3 Å². The number of hydrogen-bond donors (Lipinski definition) is 2. The minimum atomic E-state index is -3.35. The molecule has 0 aromatic rings. The molecule has 70 valence electrons. The summed E-state index contributed by atoms with van der Waals surface area (Å²) in [4.78, 5) is 0. The lowest BCUT2D eigenvalue weighted by molar-refractivity contribution is 0.580. The number of rotatable bonds is 6. The highest BCUT2D eigenvalue weighted by Gasteiger charge is 2.06. The van der Waals surface area contributed by atoms with E-state index in [4.69, 9.17) is 5.26 Å². The van der Waals surface area contributed by atoms with Gasteiger partial charge in [0, 0.05) is 6.54 Å². The van der Waals surface area contributed by atoms with Crippen LogP contribution in [0.1, 0.15) is 6.42 Å². The fraction of sp³-hybridized carbons (Fsp3) is 0.833. The Kier molecular flexibility index (Phi) is 5.62. The van der Waals surface area contributed by atoms with Gasteiger partial charge in [-0.1, -0.05) is 0 Å². The fourth-order valence-electron chi connectivity index (χ4n) is 0.629. The molecule has 0 aliphatic rings. The van der Waals surface area contributed by atoms with Crippen LogP contribution in [-0.4, -0.2) is 34.3 Å². The largest absolute Gasteiger partial charge is 0.320 e. The topological polar surface area (TPSA) is 82.0 Å². The zero-order valence-electron chi connectivity index (χ0n) is 7.00. The van der Waals surface area contributed by atoms with Gasteiger partial charge in [-0.15, -0.1) is 0 Å². The number of nitriles is 1. The molecule has 0 radical (unpaired) electrons. The molecule has 6 heteroatoms. The predicted octanol–water partition coefficient (Wildman–Crippen LogP) is -0.961. The maximum atomic E-state index is 10.8. The summed E-state index contributed by atoms with van der Waals surface area (Å²) in [5.41, 5.74) is 0. The van der Waals surface area contributed by atoms with Crippen LogP contribution in [0.4, 0.5) is 0 Å². The molecule has 0 atom stereocenters. The van der Waals surface area contributed by atoms with Crippen molar-refractivity contribution < 1.29 is 8.42 Å². The lowest BCUT2D eigenvalue weighted by atomic mass is 10.4. The molecule has 12 heavy (non-hydrogen) atoms. The van der Waals surface area contributed by atoms with Gasteiger partial charge >= 0.3 is 0 Å². The third-order valence-electron chi connectivity index (χ3n) is 1.18. The van der Waals surface area contributed by atoms with Crippen molar-refractivity contribution in [2.24, 2.45) is 0 Å². The Bertz CT molecular complexity index is 242. The van der Waals surface area contributed by atoms with Crippen LogP contribution in [0.3, 0.4) is 0 Å². The number of sulfonamides is 1. The Morgan fingerprint density at radius 2 is 2.08 bits per heavy atom. The van der Waals surface area contributed by atoms with E-state index in [2.05, 4.69) is 10.0 Å². The molecule has 0 aliphatic heterocycles. The van der Waals surface area contributed by atoms with Crippen molar-refractivity contribution in [2.75, 3.05) is 25.9 Å². The molecule has 0 bridgehead atoms.